The molecule has 2 heterocycles. The second kappa shape index (κ2) is 5.66. The first-order valence-corrected chi connectivity index (χ1v) is 6.62. The summed E-state index contributed by atoms with van der Waals surface area (Å²) in [7, 11) is 0. The van der Waals surface area contributed by atoms with Gasteiger partial charge in [-0.3, -0.25) is 4.98 Å². The van der Waals surface area contributed by atoms with Crippen LogP contribution in [0.15, 0.2) is 23.2 Å². The Kier molecular flexibility index (Phi) is 4.21. The van der Waals surface area contributed by atoms with Crippen molar-refractivity contribution in [2.75, 3.05) is 12.4 Å². The van der Waals surface area contributed by atoms with E-state index < -0.39 is 6.10 Å². The first kappa shape index (κ1) is 11.9. The predicted octanol–water partition coefficient (Wildman–Crippen LogP) is 2.41. The zero-order chi connectivity index (χ0) is 11.4. The Balaban J connectivity index is 1.84. The number of thioether (sulfide) groups is 1. The van der Waals surface area contributed by atoms with Crippen LogP contribution in [0.2, 0.25) is 0 Å². The molecule has 1 aliphatic heterocycles. The number of aromatic nitrogens is 1. The highest BCUT2D eigenvalue weighted by Crippen LogP contribution is 2.23. The number of hydrogen-bond acceptors (Lipinski definition) is 4. The molecule has 3 nitrogen and oxygen atoms in total. The van der Waals surface area contributed by atoms with Gasteiger partial charge in [-0.15, -0.1) is 11.8 Å². The Morgan fingerprint density at radius 3 is 3.06 bits per heavy atom. The molecule has 1 fully saturated rings. The van der Waals surface area contributed by atoms with Crippen LogP contribution in [0.3, 0.4) is 0 Å². The fourth-order valence-corrected chi connectivity index (χ4v) is 2.62. The number of hydrogen-bond donors (Lipinski definition) is 1. The van der Waals surface area contributed by atoms with Crippen LogP contribution in [0.25, 0.3) is 0 Å². The molecule has 0 aliphatic carbocycles. The lowest BCUT2D eigenvalue weighted by atomic mass is 10.2. The number of aliphatic hydroxyl groups is 1. The second-order valence-electron chi connectivity index (χ2n) is 4.04. The summed E-state index contributed by atoms with van der Waals surface area (Å²) in [6.07, 6.45) is 4.09. The van der Waals surface area contributed by atoms with Crippen LogP contribution < -0.4 is 0 Å². The van der Waals surface area contributed by atoms with E-state index in [2.05, 4.69) is 4.98 Å². The van der Waals surface area contributed by atoms with Crippen LogP contribution >= 0.6 is 11.8 Å². The molecule has 4 heteroatoms. The first-order valence-electron chi connectivity index (χ1n) is 5.64. The van der Waals surface area contributed by atoms with Gasteiger partial charge in [0.05, 0.1) is 17.9 Å². The van der Waals surface area contributed by atoms with E-state index in [9.17, 15) is 5.11 Å². The van der Waals surface area contributed by atoms with Gasteiger partial charge in [0.25, 0.3) is 0 Å². The Morgan fingerprint density at radius 2 is 2.50 bits per heavy atom. The van der Waals surface area contributed by atoms with E-state index >= 15 is 0 Å². The topological polar surface area (TPSA) is 42.4 Å². The average Bonchev–Trinajstić information content (AvgIpc) is 2.80. The summed E-state index contributed by atoms with van der Waals surface area (Å²) in [6.45, 7) is 2.63. The van der Waals surface area contributed by atoms with Crippen LogP contribution in [0, 0.1) is 0 Å². The Labute approximate surface area is 100 Å². The molecule has 88 valence electrons. The number of nitrogens with zero attached hydrogens (tertiary/aromatic N) is 1. The van der Waals surface area contributed by atoms with E-state index in [1.54, 1.807) is 18.7 Å². The van der Waals surface area contributed by atoms with Crippen molar-refractivity contribution in [3.8, 4) is 0 Å². The van der Waals surface area contributed by atoms with Crippen LogP contribution in [0.4, 0.5) is 0 Å². The predicted molar refractivity (Wildman–Crippen MR) is 64.6 cm³/mol. The third-order valence-electron chi connectivity index (χ3n) is 2.65. The minimum absolute atomic E-state index is 0.404. The number of aliphatic hydroxyl groups excluding tert-OH is 1. The van der Waals surface area contributed by atoms with Gasteiger partial charge in [-0.2, -0.15) is 0 Å². The average molecular weight is 239 g/mol. The van der Waals surface area contributed by atoms with Crippen LogP contribution in [0.1, 0.15) is 31.6 Å². The molecule has 0 spiro atoms. The monoisotopic (exact) mass is 239 g/mol. The molecular formula is C12H17NO2S. The lowest BCUT2D eigenvalue weighted by Gasteiger charge is -2.09. The van der Waals surface area contributed by atoms with E-state index in [0.29, 0.717) is 6.10 Å². The molecule has 0 bridgehead atoms. The molecule has 0 amide bonds. The standard InChI is InChI=1S/C12H17NO2S/c1-9(14)12-5-4-11(7-13-12)16-8-10-3-2-6-15-10/h4-5,7,9-10,14H,2-3,6,8H2,1H3/t9-,10?/m1/s1. The second-order valence-corrected chi connectivity index (χ2v) is 5.13. The van der Waals surface area contributed by atoms with E-state index in [1.165, 1.54) is 12.8 Å². The normalized spacial score (nSPS) is 22.2. The molecule has 1 N–H and O–H groups in total. The molecule has 1 aliphatic rings. The van der Waals surface area contributed by atoms with Gasteiger partial charge in [0.2, 0.25) is 0 Å². The number of pyridine rings is 1. The maximum absolute atomic E-state index is 9.33. The first-order chi connectivity index (χ1) is 7.75. The van der Waals surface area contributed by atoms with Gasteiger partial charge in [0.1, 0.15) is 0 Å². The van der Waals surface area contributed by atoms with Gasteiger partial charge in [-0.05, 0) is 31.9 Å². The van der Waals surface area contributed by atoms with Crippen LogP contribution in [-0.2, 0) is 4.74 Å². The molecular weight excluding hydrogens is 222 g/mol. The SMILES string of the molecule is C[C@@H](O)c1ccc(SCC2CCCO2)cn1. The molecule has 2 rings (SSSR count). The van der Waals surface area contributed by atoms with Gasteiger partial charge >= 0.3 is 0 Å². The summed E-state index contributed by atoms with van der Waals surface area (Å²) in [4.78, 5) is 5.35. The van der Waals surface area contributed by atoms with Crippen molar-refractivity contribution in [2.45, 2.75) is 36.9 Å². The van der Waals surface area contributed by atoms with Crippen molar-refractivity contribution in [3.05, 3.63) is 24.0 Å². The maximum Gasteiger partial charge on any atom is 0.0931 e. The molecule has 0 saturated carbocycles. The summed E-state index contributed by atoms with van der Waals surface area (Å²) in [5.41, 5.74) is 0.724. The van der Waals surface area contributed by atoms with Crippen LogP contribution in [-0.4, -0.2) is 28.6 Å². The fraction of sp³-hybridized carbons (Fsp3) is 0.583. The zero-order valence-corrected chi connectivity index (χ0v) is 10.2. The lowest BCUT2D eigenvalue weighted by molar-refractivity contribution is 0.129. The molecule has 2 atom stereocenters. The number of rotatable bonds is 4. The highest BCUT2D eigenvalue weighted by molar-refractivity contribution is 7.99. The maximum atomic E-state index is 9.33. The van der Waals surface area contributed by atoms with Gasteiger partial charge in [0.15, 0.2) is 0 Å². The summed E-state index contributed by atoms with van der Waals surface area (Å²) < 4.78 is 5.56. The largest absolute Gasteiger partial charge is 0.387 e. The minimum Gasteiger partial charge on any atom is -0.387 e. The minimum atomic E-state index is -0.489. The van der Waals surface area contributed by atoms with Gasteiger partial charge in [0, 0.05) is 23.5 Å². The van der Waals surface area contributed by atoms with Crippen molar-refractivity contribution in [1.82, 2.24) is 4.98 Å². The van der Waals surface area contributed by atoms with Crippen molar-refractivity contribution >= 4 is 11.8 Å². The van der Waals surface area contributed by atoms with Gasteiger partial charge in [-0.25, -0.2) is 0 Å². The van der Waals surface area contributed by atoms with Crippen molar-refractivity contribution in [1.29, 1.82) is 0 Å². The van der Waals surface area contributed by atoms with Gasteiger partial charge in [-0.1, -0.05) is 0 Å². The molecule has 1 aromatic rings. The third kappa shape index (κ3) is 3.20. The van der Waals surface area contributed by atoms with Crippen LogP contribution in [0.5, 0.6) is 0 Å². The lowest BCUT2D eigenvalue weighted by Crippen LogP contribution is -2.07. The number of ether oxygens (including phenoxy) is 1. The Morgan fingerprint density at radius 1 is 1.62 bits per heavy atom. The molecule has 1 aromatic heterocycles. The Hall–Kier alpha value is -0.580. The van der Waals surface area contributed by atoms with E-state index in [4.69, 9.17) is 4.74 Å². The van der Waals surface area contributed by atoms with E-state index in [-0.39, 0.29) is 0 Å². The molecule has 16 heavy (non-hydrogen) atoms. The Bertz CT molecular complexity index is 320. The van der Waals surface area contributed by atoms with Crippen molar-refractivity contribution < 1.29 is 9.84 Å². The summed E-state index contributed by atoms with van der Waals surface area (Å²) >= 11 is 1.77. The molecule has 0 aromatic carbocycles. The zero-order valence-electron chi connectivity index (χ0n) is 9.43. The molecule has 0 radical (unpaired) electrons. The highest BCUT2D eigenvalue weighted by atomic mass is 32.2. The van der Waals surface area contributed by atoms with Crippen molar-refractivity contribution in [2.24, 2.45) is 0 Å². The van der Waals surface area contributed by atoms with E-state index in [1.807, 2.05) is 18.3 Å². The van der Waals surface area contributed by atoms with Crippen molar-refractivity contribution in [3.63, 3.8) is 0 Å². The van der Waals surface area contributed by atoms with E-state index in [0.717, 1.165) is 22.9 Å². The van der Waals surface area contributed by atoms with Gasteiger partial charge < -0.3 is 9.84 Å². The summed E-state index contributed by atoms with van der Waals surface area (Å²) in [5, 5.41) is 9.33. The molecule has 1 unspecified atom stereocenters. The molecule has 1 saturated heterocycles. The summed E-state index contributed by atoms with van der Waals surface area (Å²) in [6, 6.07) is 3.89. The fourth-order valence-electron chi connectivity index (χ4n) is 1.69. The quantitative estimate of drug-likeness (QED) is 0.819. The smallest absolute Gasteiger partial charge is 0.0931 e. The summed E-state index contributed by atoms with van der Waals surface area (Å²) in [5.74, 6) is 0.996. The third-order valence-corrected chi connectivity index (χ3v) is 3.76. The highest BCUT2D eigenvalue weighted by Gasteiger charge is 2.15.